The van der Waals surface area contributed by atoms with E-state index in [1.165, 1.54) is 19.1 Å². The van der Waals surface area contributed by atoms with Crippen molar-refractivity contribution in [2.24, 2.45) is 0 Å². The zero-order valence-electron chi connectivity index (χ0n) is 8.64. The summed E-state index contributed by atoms with van der Waals surface area (Å²) in [5.41, 5.74) is 0.341. The van der Waals surface area contributed by atoms with Gasteiger partial charge >= 0.3 is 0 Å². The molecule has 0 bridgehead atoms. The number of hydrogen-bond donors (Lipinski definition) is 0. The molecule has 0 aliphatic rings. The molecule has 0 fully saturated rings. The van der Waals surface area contributed by atoms with E-state index in [4.69, 9.17) is 0 Å². The van der Waals surface area contributed by atoms with Gasteiger partial charge in [-0.2, -0.15) is 0 Å². The first-order chi connectivity index (χ1) is 7.59. The fourth-order valence-corrected chi connectivity index (χ4v) is 1.69. The van der Waals surface area contributed by atoms with Gasteiger partial charge < -0.3 is 0 Å². The van der Waals surface area contributed by atoms with Crippen LogP contribution in [0.3, 0.4) is 0 Å². The second-order valence-electron chi connectivity index (χ2n) is 3.53. The Morgan fingerprint density at radius 1 is 1.25 bits per heavy atom. The van der Waals surface area contributed by atoms with Crippen LogP contribution in [0.5, 0.6) is 0 Å². The third kappa shape index (κ3) is 1.65. The van der Waals surface area contributed by atoms with Gasteiger partial charge in [0, 0.05) is 17.7 Å². The van der Waals surface area contributed by atoms with Gasteiger partial charge in [0.1, 0.15) is 0 Å². The van der Waals surface area contributed by atoms with Gasteiger partial charge in [-0.3, -0.25) is 14.9 Å². The molecule has 0 radical (unpaired) electrons. The summed E-state index contributed by atoms with van der Waals surface area (Å²) in [6, 6.07) is 9.94. The highest BCUT2D eigenvalue weighted by atomic mass is 16.6. The molecule has 0 amide bonds. The van der Waals surface area contributed by atoms with Crippen LogP contribution < -0.4 is 0 Å². The van der Waals surface area contributed by atoms with E-state index in [2.05, 4.69) is 0 Å². The number of benzene rings is 2. The summed E-state index contributed by atoms with van der Waals surface area (Å²) in [5.74, 6) is -0.167. The van der Waals surface area contributed by atoms with Crippen molar-refractivity contribution in [3.8, 4) is 0 Å². The molecule has 0 saturated carbocycles. The number of Topliss-reactive ketones (excluding diaryl/α,β-unsaturated/α-hetero) is 1. The summed E-state index contributed by atoms with van der Waals surface area (Å²) < 4.78 is 0. The Labute approximate surface area is 91.7 Å². The second kappa shape index (κ2) is 3.73. The Bertz CT molecular complexity index is 590. The van der Waals surface area contributed by atoms with E-state index >= 15 is 0 Å². The number of carbonyl (C=O) groups is 1. The minimum Gasteiger partial charge on any atom is -0.294 e. The Balaban J connectivity index is 2.84. The maximum atomic E-state index is 11.4. The average molecular weight is 215 g/mol. The number of nitrogens with zero attached hydrogens (tertiary/aromatic N) is 1. The predicted molar refractivity (Wildman–Crippen MR) is 60.6 cm³/mol. The maximum Gasteiger partial charge on any atom is 0.270 e. The molecular formula is C12H9NO3. The van der Waals surface area contributed by atoms with Gasteiger partial charge in [-0.25, -0.2) is 0 Å². The third-order valence-electron chi connectivity index (χ3n) is 2.44. The summed E-state index contributed by atoms with van der Waals surface area (Å²) in [5, 5.41) is 12.2. The number of fused-ring (bicyclic) bond motifs is 1. The molecule has 0 atom stereocenters. The standard InChI is InChI=1S/C12H9NO3/c1-8(14)12-7-10(13(15)16)6-9-4-2-3-5-11(9)12/h2-7H,1H3. The van der Waals surface area contributed by atoms with Gasteiger partial charge in [-0.1, -0.05) is 24.3 Å². The first-order valence-corrected chi connectivity index (χ1v) is 4.77. The average Bonchev–Trinajstić information content (AvgIpc) is 2.27. The Morgan fingerprint density at radius 2 is 1.94 bits per heavy atom. The molecule has 0 heterocycles. The molecule has 4 heteroatoms. The number of ketones is 1. The molecule has 2 aromatic carbocycles. The SMILES string of the molecule is CC(=O)c1cc([N+](=O)[O-])cc2ccccc12. The van der Waals surface area contributed by atoms with E-state index in [1.54, 1.807) is 24.3 Å². The largest absolute Gasteiger partial charge is 0.294 e. The molecule has 4 nitrogen and oxygen atoms in total. The Kier molecular flexibility index (Phi) is 2.40. The smallest absolute Gasteiger partial charge is 0.270 e. The summed E-state index contributed by atoms with van der Waals surface area (Å²) in [4.78, 5) is 21.6. The number of rotatable bonds is 2. The van der Waals surface area contributed by atoms with E-state index in [9.17, 15) is 14.9 Å². The zero-order chi connectivity index (χ0) is 11.7. The van der Waals surface area contributed by atoms with Crippen molar-refractivity contribution in [3.63, 3.8) is 0 Å². The van der Waals surface area contributed by atoms with Crippen LogP contribution in [0.1, 0.15) is 17.3 Å². The van der Waals surface area contributed by atoms with Crippen LogP contribution in [0.4, 0.5) is 5.69 Å². The summed E-state index contributed by atoms with van der Waals surface area (Å²) in [6.45, 7) is 1.41. The summed E-state index contributed by atoms with van der Waals surface area (Å²) in [6.07, 6.45) is 0. The lowest BCUT2D eigenvalue weighted by molar-refractivity contribution is -0.384. The van der Waals surface area contributed by atoms with Crippen LogP contribution in [0.25, 0.3) is 10.8 Å². The molecule has 0 N–H and O–H groups in total. The van der Waals surface area contributed by atoms with Crippen molar-refractivity contribution in [1.29, 1.82) is 0 Å². The fraction of sp³-hybridized carbons (Fsp3) is 0.0833. The molecule has 0 aliphatic heterocycles. The normalized spacial score (nSPS) is 10.3. The predicted octanol–water partition coefficient (Wildman–Crippen LogP) is 2.95. The van der Waals surface area contributed by atoms with Crippen molar-refractivity contribution >= 4 is 22.2 Å². The summed E-state index contributed by atoms with van der Waals surface area (Å²) in [7, 11) is 0. The maximum absolute atomic E-state index is 11.4. The van der Waals surface area contributed by atoms with Crippen LogP contribution in [0.2, 0.25) is 0 Å². The first-order valence-electron chi connectivity index (χ1n) is 4.77. The van der Waals surface area contributed by atoms with Gasteiger partial charge in [-0.05, 0) is 17.7 Å². The molecule has 80 valence electrons. The number of hydrogen-bond acceptors (Lipinski definition) is 3. The van der Waals surface area contributed by atoms with Crippen LogP contribution in [-0.4, -0.2) is 10.7 Å². The monoisotopic (exact) mass is 215 g/mol. The molecule has 0 unspecified atom stereocenters. The quantitative estimate of drug-likeness (QED) is 0.439. The van der Waals surface area contributed by atoms with Gasteiger partial charge in [0.25, 0.3) is 5.69 Å². The molecule has 0 aliphatic carbocycles. The van der Waals surface area contributed by atoms with E-state index in [0.717, 1.165) is 5.39 Å². The van der Waals surface area contributed by atoms with Crippen molar-refractivity contribution in [3.05, 3.63) is 52.1 Å². The Morgan fingerprint density at radius 3 is 2.56 bits per heavy atom. The van der Waals surface area contributed by atoms with Gasteiger partial charge in [-0.15, -0.1) is 0 Å². The number of nitro benzene ring substituents is 1. The van der Waals surface area contributed by atoms with Gasteiger partial charge in [0.2, 0.25) is 0 Å². The minimum absolute atomic E-state index is 0.0519. The number of non-ortho nitro benzene ring substituents is 1. The second-order valence-corrected chi connectivity index (χ2v) is 3.53. The highest BCUT2D eigenvalue weighted by Gasteiger charge is 2.13. The highest BCUT2D eigenvalue weighted by molar-refractivity contribution is 6.08. The molecule has 0 aromatic heterocycles. The molecular weight excluding hydrogens is 206 g/mol. The number of carbonyl (C=O) groups excluding carboxylic acids is 1. The number of nitro groups is 1. The van der Waals surface area contributed by atoms with Gasteiger partial charge in [0.15, 0.2) is 5.78 Å². The molecule has 0 spiro atoms. The lowest BCUT2D eigenvalue weighted by Gasteiger charge is -2.03. The molecule has 2 rings (SSSR count). The van der Waals surface area contributed by atoms with Crippen molar-refractivity contribution in [2.75, 3.05) is 0 Å². The minimum atomic E-state index is -0.487. The van der Waals surface area contributed by atoms with Crippen LogP contribution >= 0.6 is 0 Å². The van der Waals surface area contributed by atoms with Crippen LogP contribution in [0, 0.1) is 10.1 Å². The van der Waals surface area contributed by atoms with Crippen molar-refractivity contribution in [2.45, 2.75) is 6.92 Å². The molecule has 0 saturated heterocycles. The fourth-order valence-electron chi connectivity index (χ4n) is 1.69. The van der Waals surface area contributed by atoms with Gasteiger partial charge in [0.05, 0.1) is 4.92 Å². The van der Waals surface area contributed by atoms with E-state index in [1.807, 2.05) is 0 Å². The summed E-state index contributed by atoms with van der Waals surface area (Å²) >= 11 is 0. The third-order valence-corrected chi connectivity index (χ3v) is 2.44. The van der Waals surface area contributed by atoms with Crippen LogP contribution in [-0.2, 0) is 0 Å². The van der Waals surface area contributed by atoms with Crippen molar-refractivity contribution in [1.82, 2.24) is 0 Å². The van der Waals surface area contributed by atoms with Crippen LogP contribution in [0.15, 0.2) is 36.4 Å². The lowest BCUT2D eigenvalue weighted by Crippen LogP contribution is -1.97. The van der Waals surface area contributed by atoms with E-state index in [-0.39, 0.29) is 11.5 Å². The van der Waals surface area contributed by atoms with E-state index in [0.29, 0.717) is 10.9 Å². The molecule has 2 aromatic rings. The van der Waals surface area contributed by atoms with Crippen molar-refractivity contribution < 1.29 is 9.72 Å². The Hall–Kier alpha value is -2.23. The first kappa shape index (κ1) is 10.3. The lowest BCUT2D eigenvalue weighted by atomic mass is 10.0. The topological polar surface area (TPSA) is 60.2 Å². The van der Waals surface area contributed by atoms with E-state index < -0.39 is 4.92 Å². The highest BCUT2D eigenvalue weighted by Crippen LogP contribution is 2.25. The zero-order valence-corrected chi connectivity index (χ0v) is 8.64. The molecule has 16 heavy (non-hydrogen) atoms.